The van der Waals surface area contributed by atoms with Gasteiger partial charge in [0.15, 0.2) is 5.76 Å². The normalized spacial score (nSPS) is 12.2. The zero-order chi connectivity index (χ0) is 14.0. The van der Waals surface area contributed by atoms with Crippen molar-refractivity contribution in [1.82, 2.24) is 0 Å². The minimum absolute atomic E-state index is 0.0844. The molecule has 1 unspecified atom stereocenters. The molecule has 0 fully saturated rings. The molecule has 0 aliphatic rings. The number of halogens is 1. The zero-order valence-electron chi connectivity index (χ0n) is 9.96. The smallest absolute Gasteiger partial charge is 0.339 e. The monoisotopic (exact) mass is 282 g/mol. The average Bonchev–Trinajstić information content (AvgIpc) is 2.87. The number of hydrogen-bond acceptors (Lipinski definition) is 4. The van der Waals surface area contributed by atoms with Crippen molar-refractivity contribution in [3.8, 4) is 5.75 Å². The van der Waals surface area contributed by atoms with Gasteiger partial charge in [0.1, 0.15) is 17.4 Å². The van der Waals surface area contributed by atoms with Gasteiger partial charge in [0.2, 0.25) is 0 Å². The first kappa shape index (κ1) is 13.5. The third-order valence-electron chi connectivity index (χ3n) is 2.68. The van der Waals surface area contributed by atoms with Crippen LogP contribution in [0, 0.1) is 0 Å². The quantitative estimate of drug-likeness (QED) is 0.901. The Kier molecular flexibility index (Phi) is 3.78. The Morgan fingerprint density at radius 1 is 1.42 bits per heavy atom. The summed E-state index contributed by atoms with van der Waals surface area (Å²) in [6, 6.07) is 6.13. The van der Waals surface area contributed by atoms with Crippen LogP contribution in [0.1, 0.15) is 27.8 Å². The summed E-state index contributed by atoms with van der Waals surface area (Å²) in [5.41, 5.74) is 0.151. The number of aromatic carboxylic acids is 1. The number of aliphatic hydroxyl groups excluding tert-OH is 1. The molecule has 1 atom stereocenters. The predicted molar refractivity (Wildman–Crippen MR) is 67.7 cm³/mol. The number of carboxylic acid groups (broad SMARTS) is 1. The molecule has 0 radical (unpaired) electrons. The van der Waals surface area contributed by atoms with Crippen LogP contribution >= 0.6 is 11.6 Å². The van der Waals surface area contributed by atoms with Gasteiger partial charge >= 0.3 is 5.97 Å². The molecule has 19 heavy (non-hydrogen) atoms. The van der Waals surface area contributed by atoms with Gasteiger partial charge in [0, 0.05) is 5.56 Å². The first-order chi connectivity index (χ1) is 9.06. The third kappa shape index (κ3) is 2.43. The van der Waals surface area contributed by atoms with E-state index in [0.717, 1.165) is 0 Å². The fourth-order valence-corrected chi connectivity index (χ4v) is 2.07. The lowest BCUT2D eigenvalue weighted by Crippen LogP contribution is -2.07. The molecule has 2 N–H and O–H groups in total. The number of furan rings is 1. The highest BCUT2D eigenvalue weighted by Crippen LogP contribution is 2.36. The van der Waals surface area contributed by atoms with E-state index in [4.69, 9.17) is 25.9 Å². The van der Waals surface area contributed by atoms with Crippen LogP contribution in [-0.2, 0) is 0 Å². The molecule has 0 saturated heterocycles. The predicted octanol–water partition coefficient (Wildman–Crippen LogP) is 2.72. The van der Waals surface area contributed by atoms with Crippen LogP contribution in [0.15, 0.2) is 34.9 Å². The first-order valence-corrected chi connectivity index (χ1v) is 5.75. The largest absolute Gasteiger partial charge is 0.496 e. The Morgan fingerprint density at radius 3 is 2.79 bits per heavy atom. The van der Waals surface area contributed by atoms with Crippen LogP contribution in [0.2, 0.25) is 5.02 Å². The third-order valence-corrected chi connectivity index (χ3v) is 3.01. The lowest BCUT2D eigenvalue weighted by molar-refractivity contribution is 0.0687. The molecule has 2 aromatic rings. The van der Waals surface area contributed by atoms with Gasteiger partial charge in [-0.3, -0.25) is 0 Å². The molecule has 0 bridgehead atoms. The fourth-order valence-electron chi connectivity index (χ4n) is 1.80. The number of ether oxygens (including phenoxy) is 1. The molecular formula is C13H11ClO5. The molecule has 1 aromatic carbocycles. The molecule has 100 valence electrons. The summed E-state index contributed by atoms with van der Waals surface area (Å²) in [5.74, 6) is -0.916. The lowest BCUT2D eigenvalue weighted by atomic mass is 10.0. The maximum absolute atomic E-state index is 11.0. The van der Waals surface area contributed by atoms with E-state index in [1.54, 1.807) is 18.2 Å². The highest BCUT2D eigenvalue weighted by molar-refractivity contribution is 6.31. The maximum Gasteiger partial charge on any atom is 0.339 e. The number of methoxy groups -OCH3 is 1. The summed E-state index contributed by atoms with van der Waals surface area (Å²) >= 11 is 6.02. The van der Waals surface area contributed by atoms with Gasteiger partial charge in [-0.25, -0.2) is 4.79 Å². The minimum atomic E-state index is -1.32. The van der Waals surface area contributed by atoms with E-state index in [1.807, 2.05) is 0 Å². The standard InChI is InChI=1S/C13H11ClO5/c1-18-9-4-2-3-8(14)10(9)11(15)12-7(13(16)17)5-6-19-12/h2-6,11,15H,1H3,(H,16,17). The second kappa shape index (κ2) is 5.34. The Hall–Kier alpha value is -1.98. The number of carboxylic acids is 1. The number of carbonyl (C=O) groups is 1. The van der Waals surface area contributed by atoms with Crippen LogP contribution in [0.5, 0.6) is 5.75 Å². The number of benzene rings is 1. The highest BCUT2D eigenvalue weighted by Gasteiger charge is 2.26. The summed E-state index contributed by atoms with van der Waals surface area (Å²) in [7, 11) is 1.43. The van der Waals surface area contributed by atoms with E-state index in [2.05, 4.69) is 0 Å². The average molecular weight is 283 g/mol. The van der Waals surface area contributed by atoms with Crippen LogP contribution in [0.3, 0.4) is 0 Å². The number of rotatable bonds is 4. The number of aliphatic hydroxyl groups is 1. The molecule has 0 aliphatic heterocycles. The number of hydrogen-bond donors (Lipinski definition) is 2. The summed E-state index contributed by atoms with van der Waals surface area (Å²) < 4.78 is 10.2. The van der Waals surface area contributed by atoms with Gasteiger partial charge in [-0.1, -0.05) is 17.7 Å². The Balaban J connectivity index is 2.53. The van der Waals surface area contributed by atoms with Crippen molar-refractivity contribution in [1.29, 1.82) is 0 Å². The van der Waals surface area contributed by atoms with Crippen molar-refractivity contribution in [2.24, 2.45) is 0 Å². The molecule has 0 saturated carbocycles. The Labute approximate surface area is 114 Å². The molecule has 6 heteroatoms. The second-order valence-corrected chi connectivity index (χ2v) is 4.17. The van der Waals surface area contributed by atoms with Crippen LogP contribution in [-0.4, -0.2) is 23.3 Å². The van der Waals surface area contributed by atoms with Crippen LogP contribution in [0.25, 0.3) is 0 Å². The van der Waals surface area contributed by atoms with E-state index in [-0.39, 0.29) is 21.9 Å². The minimum Gasteiger partial charge on any atom is -0.496 e. The van der Waals surface area contributed by atoms with Crippen LogP contribution < -0.4 is 4.74 Å². The molecule has 5 nitrogen and oxygen atoms in total. The molecule has 1 aromatic heterocycles. The van der Waals surface area contributed by atoms with Gasteiger partial charge in [-0.05, 0) is 18.2 Å². The van der Waals surface area contributed by atoms with E-state index in [1.165, 1.54) is 19.4 Å². The maximum atomic E-state index is 11.0. The van der Waals surface area contributed by atoms with Gasteiger partial charge in [0.05, 0.1) is 18.4 Å². The second-order valence-electron chi connectivity index (χ2n) is 3.76. The molecule has 0 aliphatic carbocycles. The highest BCUT2D eigenvalue weighted by atomic mass is 35.5. The molecule has 0 amide bonds. The van der Waals surface area contributed by atoms with Gasteiger partial charge in [-0.2, -0.15) is 0 Å². The van der Waals surface area contributed by atoms with E-state index < -0.39 is 12.1 Å². The lowest BCUT2D eigenvalue weighted by Gasteiger charge is -2.15. The first-order valence-electron chi connectivity index (χ1n) is 5.37. The van der Waals surface area contributed by atoms with Crippen molar-refractivity contribution in [3.05, 3.63) is 52.4 Å². The summed E-state index contributed by atoms with van der Waals surface area (Å²) in [4.78, 5) is 11.0. The van der Waals surface area contributed by atoms with Crippen LogP contribution in [0.4, 0.5) is 0 Å². The summed E-state index contributed by atoms with van der Waals surface area (Å²) in [6.07, 6.45) is -0.115. The van der Waals surface area contributed by atoms with Crippen molar-refractivity contribution in [2.75, 3.05) is 7.11 Å². The summed E-state index contributed by atoms with van der Waals surface area (Å²) in [6.45, 7) is 0. The van der Waals surface area contributed by atoms with E-state index in [9.17, 15) is 9.90 Å². The summed E-state index contributed by atoms with van der Waals surface area (Å²) in [5, 5.41) is 19.6. The molecule has 2 rings (SSSR count). The van der Waals surface area contributed by atoms with Gasteiger partial charge in [-0.15, -0.1) is 0 Å². The molecular weight excluding hydrogens is 272 g/mol. The Bertz CT molecular complexity index is 605. The van der Waals surface area contributed by atoms with E-state index >= 15 is 0 Å². The zero-order valence-corrected chi connectivity index (χ0v) is 10.7. The topological polar surface area (TPSA) is 79.9 Å². The van der Waals surface area contributed by atoms with Gasteiger partial charge < -0.3 is 19.4 Å². The van der Waals surface area contributed by atoms with Gasteiger partial charge in [0.25, 0.3) is 0 Å². The van der Waals surface area contributed by atoms with E-state index in [0.29, 0.717) is 5.75 Å². The fraction of sp³-hybridized carbons (Fsp3) is 0.154. The van der Waals surface area contributed by atoms with Crippen molar-refractivity contribution < 1.29 is 24.2 Å². The SMILES string of the molecule is COc1cccc(Cl)c1C(O)c1occc1C(=O)O. The molecule has 1 heterocycles. The Morgan fingerprint density at radius 2 is 2.16 bits per heavy atom. The van der Waals surface area contributed by atoms with Crippen molar-refractivity contribution >= 4 is 17.6 Å². The van der Waals surface area contributed by atoms with Crippen molar-refractivity contribution in [2.45, 2.75) is 6.10 Å². The molecule has 0 spiro atoms. The van der Waals surface area contributed by atoms with Crippen molar-refractivity contribution in [3.63, 3.8) is 0 Å².